The lowest BCUT2D eigenvalue weighted by molar-refractivity contribution is 0.244. The third-order valence-corrected chi connectivity index (χ3v) is 3.10. The summed E-state index contributed by atoms with van der Waals surface area (Å²) in [6.45, 7) is 1.47. The van der Waals surface area contributed by atoms with Crippen LogP contribution in [0.4, 0.5) is 0 Å². The first-order valence-corrected chi connectivity index (χ1v) is 5.37. The predicted molar refractivity (Wildman–Crippen MR) is 44.5 cm³/mol. The highest BCUT2D eigenvalue weighted by Crippen LogP contribution is 2.32. The van der Waals surface area contributed by atoms with Gasteiger partial charge in [0.05, 0.1) is 0 Å². The van der Waals surface area contributed by atoms with E-state index >= 15 is 0 Å². The van der Waals surface area contributed by atoms with Crippen LogP contribution in [0.5, 0.6) is 0 Å². The van der Waals surface area contributed by atoms with Crippen LogP contribution in [0.2, 0.25) is 0 Å². The molecule has 0 aliphatic heterocycles. The zero-order valence-electron chi connectivity index (χ0n) is 6.19. The van der Waals surface area contributed by atoms with Crippen molar-refractivity contribution in [3.05, 3.63) is 30.3 Å². The van der Waals surface area contributed by atoms with E-state index < -0.39 is 7.29 Å². The van der Waals surface area contributed by atoms with E-state index in [0.29, 0.717) is 5.30 Å². The summed E-state index contributed by atoms with van der Waals surface area (Å²) in [5, 5.41) is 11.0. The molecule has 0 bridgehead atoms. The summed E-state index contributed by atoms with van der Waals surface area (Å²) in [7, 11) is -2.72. The SMILES string of the molecule is CP(=O)(NO)c1ccccc1. The van der Waals surface area contributed by atoms with Crippen LogP contribution in [0.25, 0.3) is 0 Å². The molecular formula is C7H10NO2P. The van der Waals surface area contributed by atoms with E-state index in [-0.39, 0.29) is 0 Å². The monoisotopic (exact) mass is 171 g/mol. The van der Waals surface area contributed by atoms with Crippen molar-refractivity contribution in [1.29, 1.82) is 0 Å². The number of hydrogen-bond acceptors (Lipinski definition) is 2. The molecule has 0 aliphatic carbocycles. The molecule has 1 aromatic rings. The summed E-state index contributed by atoms with van der Waals surface area (Å²) in [4.78, 5) is 0. The zero-order valence-corrected chi connectivity index (χ0v) is 7.08. The van der Waals surface area contributed by atoms with Crippen LogP contribution < -0.4 is 10.6 Å². The minimum absolute atomic E-state index is 0.627. The number of benzene rings is 1. The van der Waals surface area contributed by atoms with Gasteiger partial charge in [0.25, 0.3) is 0 Å². The van der Waals surface area contributed by atoms with Gasteiger partial charge in [0, 0.05) is 12.0 Å². The van der Waals surface area contributed by atoms with Gasteiger partial charge in [-0.1, -0.05) is 30.3 Å². The first kappa shape index (κ1) is 8.47. The van der Waals surface area contributed by atoms with Crippen molar-refractivity contribution in [3.8, 4) is 0 Å². The molecule has 0 fully saturated rings. The molecule has 0 saturated carbocycles. The van der Waals surface area contributed by atoms with Gasteiger partial charge in [0.1, 0.15) is 0 Å². The predicted octanol–water partition coefficient (Wildman–Crippen LogP) is 1.20. The van der Waals surface area contributed by atoms with Crippen molar-refractivity contribution in [1.82, 2.24) is 5.25 Å². The highest BCUT2D eigenvalue weighted by atomic mass is 31.2. The van der Waals surface area contributed by atoms with Crippen molar-refractivity contribution in [2.45, 2.75) is 0 Å². The minimum atomic E-state index is -2.72. The molecule has 2 N–H and O–H groups in total. The Morgan fingerprint density at radius 1 is 1.36 bits per heavy atom. The van der Waals surface area contributed by atoms with Crippen LogP contribution in [0.1, 0.15) is 0 Å². The molecule has 0 aromatic heterocycles. The Hall–Kier alpha value is -0.630. The smallest absolute Gasteiger partial charge is 0.195 e. The van der Waals surface area contributed by atoms with Gasteiger partial charge in [-0.2, -0.15) is 0 Å². The highest BCUT2D eigenvalue weighted by Gasteiger charge is 2.14. The van der Waals surface area contributed by atoms with Gasteiger partial charge in [0.15, 0.2) is 7.29 Å². The molecular weight excluding hydrogens is 161 g/mol. The van der Waals surface area contributed by atoms with E-state index in [2.05, 4.69) is 0 Å². The Morgan fingerprint density at radius 2 is 1.91 bits per heavy atom. The largest absolute Gasteiger partial charge is 0.310 e. The van der Waals surface area contributed by atoms with E-state index in [0.717, 1.165) is 0 Å². The topological polar surface area (TPSA) is 49.3 Å². The van der Waals surface area contributed by atoms with Crippen LogP contribution in [0.15, 0.2) is 30.3 Å². The normalized spacial score (nSPS) is 15.8. The third kappa shape index (κ3) is 1.90. The van der Waals surface area contributed by atoms with Crippen molar-refractivity contribution >= 4 is 12.6 Å². The fourth-order valence-electron chi connectivity index (χ4n) is 0.770. The van der Waals surface area contributed by atoms with Crippen molar-refractivity contribution < 1.29 is 9.77 Å². The molecule has 0 spiro atoms. The average Bonchev–Trinajstić information content (AvgIpc) is 2.06. The quantitative estimate of drug-likeness (QED) is 0.519. The summed E-state index contributed by atoms with van der Waals surface area (Å²) in [6.07, 6.45) is 0. The molecule has 1 rings (SSSR count). The van der Waals surface area contributed by atoms with Gasteiger partial charge in [-0.15, -0.1) is 5.25 Å². The van der Waals surface area contributed by atoms with E-state index in [1.807, 2.05) is 11.3 Å². The second kappa shape index (κ2) is 3.18. The first-order chi connectivity index (χ1) is 5.17. The maximum absolute atomic E-state index is 11.4. The fraction of sp³-hybridized carbons (Fsp3) is 0.143. The molecule has 60 valence electrons. The van der Waals surface area contributed by atoms with Gasteiger partial charge >= 0.3 is 0 Å². The standard InChI is InChI=1S/C7H10NO2P/c1-11(10,8-9)7-5-3-2-4-6-7/h2-6,9H,1H3,(H,8,10). The van der Waals surface area contributed by atoms with Crippen molar-refractivity contribution in [2.75, 3.05) is 6.66 Å². The Morgan fingerprint density at radius 3 is 2.36 bits per heavy atom. The molecule has 0 heterocycles. The number of nitrogens with one attached hydrogen (secondary N) is 1. The van der Waals surface area contributed by atoms with Crippen molar-refractivity contribution in [3.63, 3.8) is 0 Å². The lowest BCUT2D eigenvalue weighted by atomic mass is 10.4. The summed E-state index contributed by atoms with van der Waals surface area (Å²) < 4.78 is 11.4. The fourth-order valence-corrected chi connectivity index (χ4v) is 1.63. The van der Waals surface area contributed by atoms with Crippen LogP contribution in [0.3, 0.4) is 0 Å². The Labute approximate surface area is 65.4 Å². The van der Waals surface area contributed by atoms with Gasteiger partial charge in [-0.05, 0) is 0 Å². The highest BCUT2D eigenvalue weighted by molar-refractivity contribution is 7.68. The molecule has 3 nitrogen and oxygen atoms in total. The Kier molecular flexibility index (Phi) is 2.45. The average molecular weight is 171 g/mol. The van der Waals surface area contributed by atoms with E-state index in [4.69, 9.17) is 5.21 Å². The third-order valence-electron chi connectivity index (χ3n) is 1.44. The van der Waals surface area contributed by atoms with E-state index in [1.165, 1.54) is 6.66 Å². The lowest BCUT2D eigenvalue weighted by Crippen LogP contribution is -2.14. The van der Waals surface area contributed by atoms with Crippen LogP contribution >= 0.6 is 7.29 Å². The summed E-state index contributed by atoms with van der Waals surface area (Å²) in [5.41, 5.74) is 0. The maximum atomic E-state index is 11.4. The Balaban J connectivity index is 3.03. The maximum Gasteiger partial charge on any atom is 0.195 e. The van der Waals surface area contributed by atoms with Gasteiger partial charge in [-0.25, -0.2) is 0 Å². The molecule has 1 aromatic carbocycles. The Bertz CT molecular complexity index is 273. The molecule has 1 unspecified atom stereocenters. The summed E-state index contributed by atoms with van der Waals surface area (Å²) in [6, 6.07) is 8.82. The van der Waals surface area contributed by atoms with E-state index in [9.17, 15) is 4.57 Å². The van der Waals surface area contributed by atoms with Gasteiger partial charge < -0.3 is 5.21 Å². The van der Waals surface area contributed by atoms with E-state index in [1.54, 1.807) is 24.3 Å². The molecule has 0 saturated heterocycles. The van der Waals surface area contributed by atoms with Gasteiger partial charge in [-0.3, -0.25) is 4.57 Å². The molecule has 4 heteroatoms. The lowest BCUT2D eigenvalue weighted by Gasteiger charge is -2.09. The molecule has 0 aliphatic rings. The molecule has 0 amide bonds. The second-order valence-electron chi connectivity index (χ2n) is 2.36. The molecule has 11 heavy (non-hydrogen) atoms. The second-order valence-corrected chi connectivity index (χ2v) is 4.92. The first-order valence-electron chi connectivity index (χ1n) is 3.21. The van der Waals surface area contributed by atoms with Crippen LogP contribution in [-0.4, -0.2) is 11.9 Å². The summed E-state index contributed by atoms with van der Waals surface area (Å²) in [5.74, 6) is 0. The van der Waals surface area contributed by atoms with Gasteiger partial charge in [0.2, 0.25) is 0 Å². The number of rotatable bonds is 2. The summed E-state index contributed by atoms with van der Waals surface area (Å²) >= 11 is 0. The minimum Gasteiger partial charge on any atom is -0.310 e. The van der Waals surface area contributed by atoms with Crippen LogP contribution in [-0.2, 0) is 4.57 Å². The van der Waals surface area contributed by atoms with Crippen LogP contribution in [0, 0.1) is 0 Å². The zero-order chi connectivity index (χ0) is 8.32. The molecule has 0 radical (unpaired) electrons. The molecule has 1 atom stereocenters. The number of hydrogen-bond donors (Lipinski definition) is 2. The van der Waals surface area contributed by atoms with Crippen molar-refractivity contribution in [2.24, 2.45) is 0 Å².